The molecule has 6 heteroatoms. The van der Waals surface area contributed by atoms with Gasteiger partial charge in [-0.15, -0.1) is 0 Å². The molecule has 0 aliphatic heterocycles. The number of rotatable bonds is 4. The molecule has 20 heavy (non-hydrogen) atoms. The number of nitrogens with zero attached hydrogens (tertiary/aromatic N) is 4. The van der Waals surface area contributed by atoms with E-state index in [0.717, 1.165) is 22.6 Å². The second-order valence-electron chi connectivity index (χ2n) is 5.09. The van der Waals surface area contributed by atoms with Crippen molar-refractivity contribution in [2.24, 2.45) is 0 Å². The van der Waals surface area contributed by atoms with E-state index in [1.54, 1.807) is 4.68 Å². The third kappa shape index (κ3) is 2.68. The Hall–Kier alpha value is -2.24. The van der Waals surface area contributed by atoms with Gasteiger partial charge in [0, 0.05) is 23.0 Å². The van der Waals surface area contributed by atoms with Gasteiger partial charge in [-0.2, -0.15) is 5.10 Å². The van der Waals surface area contributed by atoms with Crippen molar-refractivity contribution in [3.8, 4) is 5.82 Å². The molecule has 2 rings (SSSR count). The average Bonchev–Trinajstić information content (AvgIpc) is 2.66. The van der Waals surface area contributed by atoms with Crippen LogP contribution in [0.3, 0.4) is 0 Å². The van der Waals surface area contributed by atoms with Crippen molar-refractivity contribution in [1.82, 2.24) is 19.7 Å². The maximum atomic E-state index is 10.9. The molecule has 0 radical (unpaired) electrons. The molecular formula is C14H18N4O2. The Bertz CT molecular complexity index is 647. The van der Waals surface area contributed by atoms with Crippen LogP contribution in [0, 0.1) is 13.8 Å². The molecule has 0 saturated carbocycles. The summed E-state index contributed by atoms with van der Waals surface area (Å²) in [5, 5.41) is 13.3. The number of carbonyl (C=O) groups is 1. The molecule has 106 valence electrons. The SMILES string of the molecule is Cc1nn(-c2cc(C(C)C)ncn2)c(C)c1CC(=O)O. The molecular weight excluding hydrogens is 256 g/mol. The van der Waals surface area contributed by atoms with Gasteiger partial charge in [-0.25, -0.2) is 14.6 Å². The molecule has 0 atom stereocenters. The van der Waals surface area contributed by atoms with Gasteiger partial charge in [0.25, 0.3) is 0 Å². The Morgan fingerprint density at radius 1 is 1.35 bits per heavy atom. The first-order chi connectivity index (χ1) is 9.40. The number of aliphatic carboxylic acids is 1. The molecule has 2 aromatic rings. The van der Waals surface area contributed by atoms with Crippen molar-refractivity contribution in [3.63, 3.8) is 0 Å². The number of hydrogen-bond donors (Lipinski definition) is 1. The normalized spacial score (nSPS) is 11.1. The highest BCUT2D eigenvalue weighted by molar-refractivity contribution is 5.71. The summed E-state index contributed by atoms with van der Waals surface area (Å²) in [6.45, 7) is 7.79. The summed E-state index contributed by atoms with van der Waals surface area (Å²) in [6.07, 6.45) is 1.48. The molecule has 0 aliphatic carbocycles. The fourth-order valence-corrected chi connectivity index (χ4v) is 2.10. The van der Waals surface area contributed by atoms with Crippen LogP contribution in [0.1, 0.15) is 42.4 Å². The standard InChI is InChI=1S/C14H18N4O2/c1-8(2)12-6-13(16-7-15-12)18-10(4)11(5-14(19)20)9(3)17-18/h6-8H,5H2,1-4H3,(H,19,20). The molecule has 0 unspecified atom stereocenters. The lowest BCUT2D eigenvalue weighted by Gasteiger charge is -2.07. The van der Waals surface area contributed by atoms with Crippen LogP contribution in [0.4, 0.5) is 0 Å². The first kappa shape index (κ1) is 14.2. The van der Waals surface area contributed by atoms with Gasteiger partial charge in [-0.1, -0.05) is 13.8 Å². The number of aromatic nitrogens is 4. The summed E-state index contributed by atoms with van der Waals surface area (Å²) in [4.78, 5) is 19.4. The van der Waals surface area contributed by atoms with E-state index in [4.69, 9.17) is 5.11 Å². The molecule has 6 nitrogen and oxygen atoms in total. The first-order valence-electron chi connectivity index (χ1n) is 6.49. The smallest absolute Gasteiger partial charge is 0.307 e. The van der Waals surface area contributed by atoms with E-state index >= 15 is 0 Å². The zero-order chi connectivity index (χ0) is 14.9. The fourth-order valence-electron chi connectivity index (χ4n) is 2.10. The highest BCUT2D eigenvalue weighted by Gasteiger charge is 2.16. The second kappa shape index (κ2) is 5.40. The topological polar surface area (TPSA) is 80.9 Å². The average molecular weight is 274 g/mol. The molecule has 0 aliphatic rings. The van der Waals surface area contributed by atoms with Crippen LogP contribution in [0.5, 0.6) is 0 Å². The predicted molar refractivity (Wildman–Crippen MR) is 74.1 cm³/mol. The van der Waals surface area contributed by atoms with Crippen LogP contribution in [0.15, 0.2) is 12.4 Å². The van der Waals surface area contributed by atoms with Crippen LogP contribution in [0.2, 0.25) is 0 Å². The van der Waals surface area contributed by atoms with Gasteiger partial charge >= 0.3 is 5.97 Å². The third-order valence-corrected chi connectivity index (χ3v) is 3.25. The molecule has 0 fully saturated rings. The maximum absolute atomic E-state index is 10.9. The third-order valence-electron chi connectivity index (χ3n) is 3.25. The summed E-state index contributed by atoms with van der Waals surface area (Å²) in [7, 11) is 0. The minimum absolute atomic E-state index is 0.0280. The zero-order valence-electron chi connectivity index (χ0n) is 12.1. The number of aryl methyl sites for hydroxylation is 1. The van der Waals surface area contributed by atoms with E-state index < -0.39 is 5.97 Å². The summed E-state index contributed by atoms with van der Waals surface area (Å²) < 4.78 is 1.68. The minimum Gasteiger partial charge on any atom is -0.481 e. The van der Waals surface area contributed by atoms with E-state index in [0.29, 0.717) is 11.7 Å². The van der Waals surface area contributed by atoms with Crippen molar-refractivity contribution < 1.29 is 9.90 Å². The number of hydrogen-bond acceptors (Lipinski definition) is 4. The fraction of sp³-hybridized carbons (Fsp3) is 0.429. The molecule has 2 aromatic heterocycles. The van der Waals surface area contributed by atoms with Gasteiger partial charge in [-0.05, 0) is 19.8 Å². The molecule has 0 saturated heterocycles. The number of carboxylic acids is 1. The lowest BCUT2D eigenvalue weighted by molar-refractivity contribution is -0.136. The zero-order valence-corrected chi connectivity index (χ0v) is 12.1. The van der Waals surface area contributed by atoms with Crippen LogP contribution < -0.4 is 0 Å². The number of carboxylic acid groups (broad SMARTS) is 1. The Morgan fingerprint density at radius 3 is 2.65 bits per heavy atom. The molecule has 1 N–H and O–H groups in total. The van der Waals surface area contributed by atoms with Crippen LogP contribution in [-0.4, -0.2) is 30.8 Å². The Morgan fingerprint density at radius 2 is 2.05 bits per heavy atom. The van der Waals surface area contributed by atoms with E-state index in [-0.39, 0.29) is 6.42 Å². The highest BCUT2D eigenvalue weighted by Crippen LogP contribution is 2.19. The minimum atomic E-state index is -0.860. The van der Waals surface area contributed by atoms with Gasteiger partial charge < -0.3 is 5.11 Å². The highest BCUT2D eigenvalue weighted by atomic mass is 16.4. The van der Waals surface area contributed by atoms with Crippen molar-refractivity contribution in [2.75, 3.05) is 0 Å². The van der Waals surface area contributed by atoms with E-state index in [1.807, 2.05) is 19.9 Å². The molecule has 0 aromatic carbocycles. The monoisotopic (exact) mass is 274 g/mol. The van der Waals surface area contributed by atoms with Crippen molar-refractivity contribution in [2.45, 2.75) is 40.0 Å². The summed E-state index contributed by atoms with van der Waals surface area (Å²) in [5.41, 5.74) is 3.19. The molecule has 0 amide bonds. The molecule has 0 spiro atoms. The quantitative estimate of drug-likeness (QED) is 0.922. The first-order valence-corrected chi connectivity index (χ1v) is 6.49. The van der Waals surface area contributed by atoms with Crippen LogP contribution >= 0.6 is 0 Å². The van der Waals surface area contributed by atoms with Crippen molar-refractivity contribution >= 4 is 5.97 Å². The molecule has 0 bridgehead atoms. The lowest BCUT2D eigenvalue weighted by atomic mass is 10.1. The van der Waals surface area contributed by atoms with Gasteiger partial charge in [0.2, 0.25) is 0 Å². The van der Waals surface area contributed by atoms with E-state index in [1.165, 1.54) is 6.33 Å². The summed E-state index contributed by atoms with van der Waals surface area (Å²) in [5.74, 6) is 0.106. The Balaban J connectivity index is 2.48. The van der Waals surface area contributed by atoms with E-state index in [2.05, 4.69) is 28.9 Å². The van der Waals surface area contributed by atoms with Crippen LogP contribution in [-0.2, 0) is 11.2 Å². The van der Waals surface area contributed by atoms with Crippen molar-refractivity contribution in [3.05, 3.63) is 35.0 Å². The van der Waals surface area contributed by atoms with Gasteiger partial charge in [0.1, 0.15) is 6.33 Å². The van der Waals surface area contributed by atoms with Gasteiger partial charge in [0.15, 0.2) is 5.82 Å². The Kier molecular flexibility index (Phi) is 3.83. The lowest BCUT2D eigenvalue weighted by Crippen LogP contribution is -2.06. The maximum Gasteiger partial charge on any atom is 0.307 e. The van der Waals surface area contributed by atoms with Gasteiger partial charge in [-0.3, -0.25) is 4.79 Å². The summed E-state index contributed by atoms with van der Waals surface area (Å²) >= 11 is 0. The Labute approximate surface area is 117 Å². The van der Waals surface area contributed by atoms with Crippen molar-refractivity contribution in [1.29, 1.82) is 0 Å². The van der Waals surface area contributed by atoms with Crippen LogP contribution in [0.25, 0.3) is 5.82 Å². The second-order valence-corrected chi connectivity index (χ2v) is 5.09. The largest absolute Gasteiger partial charge is 0.481 e. The van der Waals surface area contributed by atoms with E-state index in [9.17, 15) is 4.79 Å². The molecule has 2 heterocycles. The predicted octanol–water partition coefficient (Wildman–Crippen LogP) is 2.03. The van der Waals surface area contributed by atoms with Gasteiger partial charge in [0.05, 0.1) is 12.1 Å². The summed E-state index contributed by atoms with van der Waals surface area (Å²) in [6, 6.07) is 1.88.